The Balaban J connectivity index is 1.92. The van der Waals surface area contributed by atoms with Gasteiger partial charge in [0.05, 0.1) is 5.75 Å². The van der Waals surface area contributed by atoms with Gasteiger partial charge >= 0.3 is 0 Å². The number of hydrogen-bond acceptors (Lipinski definition) is 2. The van der Waals surface area contributed by atoms with Crippen molar-refractivity contribution < 1.29 is 22.1 Å². The highest BCUT2D eigenvalue weighted by Crippen LogP contribution is 2.15. The molecule has 0 aliphatic rings. The van der Waals surface area contributed by atoms with Crippen LogP contribution in [0.1, 0.15) is 32.6 Å². The predicted octanol–water partition coefficient (Wildman–Crippen LogP) is 2.40. The van der Waals surface area contributed by atoms with Gasteiger partial charge < -0.3 is 0 Å². The molecule has 2 aromatic rings. The number of rotatable bonds is 9. The van der Waals surface area contributed by atoms with Crippen LogP contribution in [0.5, 0.6) is 0 Å². The molecule has 0 amide bonds. The molecule has 2 rings (SSSR count). The van der Waals surface area contributed by atoms with E-state index in [1.807, 2.05) is 29.1 Å². The Morgan fingerprint density at radius 2 is 1.29 bits per heavy atom. The first-order valence-electron chi connectivity index (χ1n) is 8.41. The third kappa shape index (κ3) is 6.37. The van der Waals surface area contributed by atoms with Crippen molar-refractivity contribution in [1.82, 2.24) is 0 Å². The quantitative estimate of drug-likeness (QED) is 0.429. The van der Waals surface area contributed by atoms with E-state index in [1.54, 1.807) is 0 Å². The smallest absolute Gasteiger partial charge is 0.265 e. The van der Waals surface area contributed by atoms with E-state index < -0.39 is 10.1 Å². The van der Waals surface area contributed by atoms with Crippen molar-refractivity contribution in [3.63, 3.8) is 0 Å². The molecule has 24 heavy (non-hydrogen) atoms. The van der Waals surface area contributed by atoms with Crippen LogP contribution in [0, 0.1) is 0 Å². The Bertz CT molecular complexity index is 726. The molecule has 0 aliphatic carbocycles. The van der Waals surface area contributed by atoms with Crippen LogP contribution in [0.4, 0.5) is 0 Å². The van der Waals surface area contributed by atoms with Crippen LogP contribution in [0.15, 0.2) is 49.1 Å². The fourth-order valence-corrected chi connectivity index (χ4v) is 3.07. The molecule has 0 bridgehead atoms. The van der Waals surface area contributed by atoms with E-state index in [-0.39, 0.29) is 5.75 Å². The molecule has 2 aromatic heterocycles. The normalized spacial score (nSPS) is 11.6. The molecule has 2 heterocycles. The van der Waals surface area contributed by atoms with E-state index in [1.165, 1.54) is 19.3 Å². The van der Waals surface area contributed by atoms with Gasteiger partial charge in [0.25, 0.3) is 10.1 Å². The number of hydrogen-bond donors (Lipinski definition) is 1. The van der Waals surface area contributed by atoms with Gasteiger partial charge in [-0.1, -0.05) is 13.3 Å². The zero-order valence-electron chi connectivity index (χ0n) is 14.1. The van der Waals surface area contributed by atoms with E-state index in [0.29, 0.717) is 13.0 Å². The topological polar surface area (TPSA) is 62.1 Å². The second kappa shape index (κ2) is 8.89. The first-order valence-corrected chi connectivity index (χ1v) is 10.0. The van der Waals surface area contributed by atoms with Crippen molar-refractivity contribution in [1.29, 1.82) is 0 Å². The Labute approximate surface area is 144 Å². The number of pyridine rings is 2. The molecule has 1 N–H and O–H groups in total. The van der Waals surface area contributed by atoms with Gasteiger partial charge in [-0.15, -0.1) is 0 Å². The summed E-state index contributed by atoms with van der Waals surface area (Å²) in [5.74, 6) is -0.210. The monoisotopic (exact) mass is 350 g/mol. The summed E-state index contributed by atoms with van der Waals surface area (Å²) in [4.78, 5) is 0. The highest BCUT2D eigenvalue weighted by Gasteiger charge is 2.08. The average Bonchev–Trinajstić information content (AvgIpc) is 2.55. The van der Waals surface area contributed by atoms with Crippen molar-refractivity contribution >= 4 is 10.1 Å². The fourth-order valence-electron chi connectivity index (χ4n) is 2.57. The minimum Gasteiger partial charge on any atom is -0.286 e. The van der Waals surface area contributed by atoms with Crippen LogP contribution in [0.25, 0.3) is 11.1 Å². The molecule has 0 spiro atoms. The summed E-state index contributed by atoms with van der Waals surface area (Å²) in [5.41, 5.74) is 2.29. The third-order valence-electron chi connectivity index (χ3n) is 3.95. The average molecular weight is 350 g/mol. The number of nitrogens with zero attached hydrogens (tertiary/aromatic N) is 2. The first-order chi connectivity index (χ1) is 11.5. The molecule has 0 aliphatic heterocycles. The summed E-state index contributed by atoms with van der Waals surface area (Å²) in [5, 5.41) is 0. The lowest BCUT2D eigenvalue weighted by Crippen LogP contribution is -2.33. The Morgan fingerprint density at radius 1 is 0.833 bits per heavy atom. The third-order valence-corrected chi connectivity index (χ3v) is 4.76. The van der Waals surface area contributed by atoms with Crippen molar-refractivity contribution in [2.45, 2.75) is 45.7 Å². The van der Waals surface area contributed by atoms with Gasteiger partial charge in [0.1, 0.15) is 13.1 Å². The van der Waals surface area contributed by atoms with Crippen molar-refractivity contribution in [2.75, 3.05) is 5.75 Å². The summed E-state index contributed by atoms with van der Waals surface area (Å²) in [6.45, 7) is 3.82. The summed E-state index contributed by atoms with van der Waals surface area (Å²) in [6.07, 6.45) is 12.2. The lowest BCUT2D eigenvalue weighted by atomic mass is 10.1. The molecule has 0 radical (unpaired) electrons. The molecule has 0 saturated heterocycles. The van der Waals surface area contributed by atoms with Gasteiger partial charge in [0.2, 0.25) is 0 Å². The van der Waals surface area contributed by atoms with Gasteiger partial charge in [-0.2, -0.15) is 8.42 Å². The SMILES string of the molecule is CCCCC[n+]1ccc(-c2cc[n+](CCCS(=O)(=O)O)cc2)cc1. The van der Waals surface area contributed by atoms with Crippen LogP contribution >= 0.6 is 0 Å². The van der Waals surface area contributed by atoms with Crippen molar-refractivity contribution in [2.24, 2.45) is 0 Å². The molecular weight excluding hydrogens is 324 g/mol. The Kier molecular flexibility index (Phi) is 6.87. The maximum absolute atomic E-state index is 10.7. The van der Waals surface area contributed by atoms with Crippen molar-refractivity contribution in [3.05, 3.63) is 49.1 Å². The predicted molar refractivity (Wildman–Crippen MR) is 92.8 cm³/mol. The first kappa shape index (κ1) is 18.5. The zero-order chi connectivity index (χ0) is 17.4. The largest absolute Gasteiger partial charge is 0.286 e. The maximum Gasteiger partial charge on any atom is 0.265 e. The van der Waals surface area contributed by atoms with E-state index in [4.69, 9.17) is 4.55 Å². The Morgan fingerprint density at radius 3 is 1.71 bits per heavy atom. The van der Waals surface area contributed by atoms with E-state index in [9.17, 15) is 8.42 Å². The second-order valence-corrected chi connectivity index (χ2v) is 7.57. The molecule has 0 unspecified atom stereocenters. The highest BCUT2D eigenvalue weighted by molar-refractivity contribution is 7.85. The summed E-state index contributed by atoms with van der Waals surface area (Å²) >= 11 is 0. The molecule has 0 saturated carbocycles. The minimum absolute atomic E-state index is 0.210. The number of aromatic nitrogens is 2. The minimum atomic E-state index is -3.87. The lowest BCUT2D eigenvalue weighted by molar-refractivity contribution is -0.697. The molecule has 5 nitrogen and oxygen atoms in total. The lowest BCUT2D eigenvalue weighted by Gasteiger charge is -2.02. The summed E-state index contributed by atoms with van der Waals surface area (Å²) < 4.78 is 34.3. The van der Waals surface area contributed by atoms with E-state index >= 15 is 0 Å². The van der Waals surface area contributed by atoms with Crippen LogP contribution in [-0.4, -0.2) is 18.7 Å². The van der Waals surface area contributed by atoms with Gasteiger partial charge in [0.15, 0.2) is 24.8 Å². The van der Waals surface area contributed by atoms with Crippen LogP contribution in [0.3, 0.4) is 0 Å². The second-order valence-electron chi connectivity index (χ2n) is 6.00. The molecular formula is C18H26N2O3S+2. The molecule has 130 valence electrons. The van der Waals surface area contributed by atoms with E-state index in [0.717, 1.165) is 17.7 Å². The fraction of sp³-hybridized carbons (Fsp3) is 0.444. The standard InChI is InChI=1S/C18H25N2O3S/c1-2-3-4-10-19-12-6-17(7-13-19)18-8-14-20(15-9-18)11-5-16-24(21,22)23/h6-9,12-15H,2-5,10-11,16H2,1H3/q+1/p+1. The molecule has 0 aromatic carbocycles. The number of aryl methyl sites for hydroxylation is 2. The van der Waals surface area contributed by atoms with Gasteiger partial charge in [0, 0.05) is 37.1 Å². The van der Waals surface area contributed by atoms with Gasteiger partial charge in [-0.3, -0.25) is 4.55 Å². The van der Waals surface area contributed by atoms with Crippen LogP contribution < -0.4 is 9.13 Å². The number of unbranched alkanes of at least 4 members (excludes halogenated alkanes) is 2. The van der Waals surface area contributed by atoms with E-state index in [2.05, 4.69) is 36.0 Å². The zero-order valence-corrected chi connectivity index (χ0v) is 15.0. The van der Waals surface area contributed by atoms with Crippen LogP contribution in [-0.2, 0) is 23.2 Å². The van der Waals surface area contributed by atoms with Gasteiger partial charge in [-0.05, 0) is 17.5 Å². The Hall–Kier alpha value is -1.79. The summed E-state index contributed by atoms with van der Waals surface area (Å²) in [7, 11) is -3.87. The van der Waals surface area contributed by atoms with Gasteiger partial charge in [-0.25, -0.2) is 9.13 Å². The molecule has 0 fully saturated rings. The van der Waals surface area contributed by atoms with Crippen molar-refractivity contribution in [3.8, 4) is 11.1 Å². The maximum atomic E-state index is 10.7. The molecule has 6 heteroatoms. The highest BCUT2D eigenvalue weighted by atomic mass is 32.2. The van der Waals surface area contributed by atoms with Crippen LogP contribution in [0.2, 0.25) is 0 Å². The molecule has 0 atom stereocenters. The summed E-state index contributed by atoms with van der Waals surface area (Å²) in [6, 6.07) is 8.27.